The van der Waals surface area contributed by atoms with Gasteiger partial charge in [0.2, 0.25) is 0 Å². The van der Waals surface area contributed by atoms with E-state index in [0.29, 0.717) is 5.92 Å². The molecule has 0 radical (unpaired) electrons. The van der Waals surface area contributed by atoms with Crippen LogP contribution in [-0.4, -0.2) is 59.3 Å². The molecule has 138 valence electrons. The van der Waals surface area contributed by atoms with Crippen LogP contribution in [0.1, 0.15) is 44.1 Å². The van der Waals surface area contributed by atoms with Crippen molar-refractivity contribution in [2.45, 2.75) is 58.3 Å². The summed E-state index contributed by atoms with van der Waals surface area (Å²) in [5, 5.41) is 4.09. The number of aromatic nitrogens is 1. The molecule has 3 aliphatic heterocycles. The number of fused-ring (bicyclic) bond motifs is 1. The third-order valence-corrected chi connectivity index (χ3v) is 6.07. The molecule has 1 amide bonds. The van der Waals surface area contributed by atoms with Crippen LogP contribution >= 0.6 is 0 Å². The van der Waals surface area contributed by atoms with Gasteiger partial charge >= 0.3 is 0 Å². The molecular weight excluding hydrogens is 318 g/mol. The minimum absolute atomic E-state index is 0.180. The van der Waals surface area contributed by atoms with E-state index < -0.39 is 0 Å². The highest BCUT2D eigenvalue weighted by Gasteiger charge is 2.43. The quantitative estimate of drug-likeness (QED) is 0.839. The maximum absolute atomic E-state index is 12.8. The van der Waals surface area contributed by atoms with Gasteiger partial charge in [-0.25, -0.2) is 0 Å². The zero-order valence-corrected chi connectivity index (χ0v) is 15.3. The second-order valence-electron chi connectivity index (χ2n) is 8.12. The molecule has 3 atom stereocenters. The SMILES string of the molecule is Cc1cc(CN2CC[C@@H]3C[C@@H](C(=O)N4CCC(C)CC4)O[C@H]3C2)no1. The van der Waals surface area contributed by atoms with Crippen molar-refractivity contribution in [3.63, 3.8) is 0 Å². The van der Waals surface area contributed by atoms with Crippen molar-refractivity contribution >= 4 is 5.91 Å². The molecule has 3 saturated heterocycles. The first-order valence-corrected chi connectivity index (χ1v) is 9.67. The summed E-state index contributed by atoms with van der Waals surface area (Å²) >= 11 is 0. The Balaban J connectivity index is 1.31. The lowest BCUT2D eigenvalue weighted by molar-refractivity contribution is -0.145. The molecule has 0 bridgehead atoms. The minimum Gasteiger partial charge on any atom is -0.364 e. The van der Waals surface area contributed by atoms with E-state index in [1.807, 2.05) is 17.9 Å². The Hall–Kier alpha value is -1.40. The highest BCUT2D eigenvalue weighted by molar-refractivity contribution is 5.81. The first-order chi connectivity index (χ1) is 12.1. The van der Waals surface area contributed by atoms with Gasteiger partial charge in [0.15, 0.2) is 0 Å². The fraction of sp³-hybridized carbons (Fsp3) is 0.789. The number of rotatable bonds is 3. The van der Waals surface area contributed by atoms with Gasteiger partial charge in [-0.15, -0.1) is 0 Å². The molecule has 3 aliphatic rings. The summed E-state index contributed by atoms with van der Waals surface area (Å²) in [6.07, 6.45) is 4.19. The molecule has 6 nitrogen and oxygen atoms in total. The summed E-state index contributed by atoms with van der Waals surface area (Å²) in [7, 11) is 0. The average molecular weight is 347 g/mol. The van der Waals surface area contributed by atoms with Gasteiger partial charge in [0.25, 0.3) is 5.91 Å². The summed E-state index contributed by atoms with van der Waals surface area (Å²) in [5.74, 6) is 2.33. The van der Waals surface area contributed by atoms with Gasteiger partial charge in [-0.3, -0.25) is 9.69 Å². The Labute approximate surface area is 149 Å². The predicted octanol–water partition coefficient (Wildman–Crippen LogP) is 2.22. The molecule has 6 heteroatoms. The summed E-state index contributed by atoms with van der Waals surface area (Å²) in [6.45, 7) is 8.70. The van der Waals surface area contributed by atoms with Gasteiger partial charge in [-0.1, -0.05) is 12.1 Å². The molecule has 4 heterocycles. The van der Waals surface area contributed by atoms with Gasteiger partial charge in [0, 0.05) is 32.2 Å². The van der Waals surface area contributed by atoms with E-state index in [0.717, 1.165) is 75.8 Å². The van der Waals surface area contributed by atoms with E-state index in [4.69, 9.17) is 9.26 Å². The molecule has 0 spiro atoms. The largest absolute Gasteiger partial charge is 0.364 e. The second kappa shape index (κ2) is 7.08. The maximum Gasteiger partial charge on any atom is 0.251 e. The smallest absolute Gasteiger partial charge is 0.251 e. The lowest BCUT2D eigenvalue weighted by Crippen LogP contribution is -2.44. The van der Waals surface area contributed by atoms with Crippen molar-refractivity contribution in [1.82, 2.24) is 15.0 Å². The number of carbonyl (C=O) groups is 1. The van der Waals surface area contributed by atoms with Crippen molar-refractivity contribution in [2.75, 3.05) is 26.2 Å². The number of ether oxygens (including phenoxy) is 1. The van der Waals surface area contributed by atoms with Crippen LogP contribution in [0.5, 0.6) is 0 Å². The summed E-state index contributed by atoms with van der Waals surface area (Å²) in [6, 6.07) is 1.99. The number of hydrogen-bond acceptors (Lipinski definition) is 5. The number of hydrogen-bond donors (Lipinski definition) is 0. The van der Waals surface area contributed by atoms with E-state index >= 15 is 0 Å². The van der Waals surface area contributed by atoms with E-state index in [-0.39, 0.29) is 18.1 Å². The van der Waals surface area contributed by atoms with Crippen LogP contribution < -0.4 is 0 Å². The number of piperidine rings is 2. The van der Waals surface area contributed by atoms with E-state index in [9.17, 15) is 4.79 Å². The first-order valence-electron chi connectivity index (χ1n) is 9.67. The Morgan fingerprint density at radius 3 is 2.80 bits per heavy atom. The Morgan fingerprint density at radius 1 is 1.28 bits per heavy atom. The fourth-order valence-corrected chi connectivity index (χ4v) is 4.45. The van der Waals surface area contributed by atoms with Crippen LogP contribution in [0.15, 0.2) is 10.6 Å². The summed E-state index contributed by atoms with van der Waals surface area (Å²) in [4.78, 5) is 17.2. The highest BCUT2D eigenvalue weighted by Crippen LogP contribution is 2.35. The Bertz CT molecular complexity index is 609. The average Bonchev–Trinajstić information content (AvgIpc) is 3.20. The van der Waals surface area contributed by atoms with Gasteiger partial charge in [0.05, 0.1) is 11.8 Å². The first kappa shape index (κ1) is 17.0. The monoisotopic (exact) mass is 347 g/mol. The van der Waals surface area contributed by atoms with Gasteiger partial charge in [-0.05, 0) is 51.0 Å². The van der Waals surface area contributed by atoms with Crippen molar-refractivity contribution in [1.29, 1.82) is 0 Å². The second-order valence-corrected chi connectivity index (χ2v) is 8.12. The molecule has 0 aliphatic carbocycles. The normalized spacial score (nSPS) is 31.3. The topological polar surface area (TPSA) is 58.8 Å². The molecule has 3 fully saturated rings. The third kappa shape index (κ3) is 3.75. The molecule has 0 aromatic carbocycles. The minimum atomic E-state index is -0.224. The molecule has 25 heavy (non-hydrogen) atoms. The van der Waals surface area contributed by atoms with Crippen molar-refractivity contribution < 1.29 is 14.1 Å². The number of aryl methyl sites for hydroxylation is 1. The zero-order valence-electron chi connectivity index (χ0n) is 15.3. The number of amides is 1. The van der Waals surface area contributed by atoms with Crippen LogP contribution in [0.2, 0.25) is 0 Å². The van der Waals surface area contributed by atoms with Crippen LogP contribution in [0, 0.1) is 18.8 Å². The van der Waals surface area contributed by atoms with Crippen molar-refractivity contribution in [3.05, 3.63) is 17.5 Å². The summed E-state index contributed by atoms with van der Waals surface area (Å²) in [5.41, 5.74) is 0.976. The van der Waals surface area contributed by atoms with Crippen molar-refractivity contribution in [3.8, 4) is 0 Å². The van der Waals surface area contributed by atoms with Gasteiger partial charge in [0.1, 0.15) is 11.9 Å². The van der Waals surface area contributed by atoms with Crippen LogP contribution in [0.25, 0.3) is 0 Å². The number of likely N-dealkylation sites (tertiary alicyclic amines) is 2. The molecule has 0 saturated carbocycles. The maximum atomic E-state index is 12.8. The molecular formula is C19H29N3O3. The van der Waals surface area contributed by atoms with Gasteiger partial charge < -0.3 is 14.2 Å². The van der Waals surface area contributed by atoms with Crippen LogP contribution in [-0.2, 0) is 16.1 Å². The molecule has 4 rings (SSSR count). The summed E-state index contributed by atoms with van der Waals surface area (Å²) < 4.78 is 11.4. The zero-order chi connectivity index (χ0) is 17.4. The molecule has 1 aromatic heterocycles. The lowest BCUT2D eigenvalue weighted by atomic mass is 9.91. The van der Waals surface area contributed by atoms with E-state index in [1.165, 1.54) is 0 Å². The lowest BCUT2D eigenvalue weighted by Gasteiger charge is -2.33. The van der Waals surface area contributed by atoms with E-state index in [2.05, 4.69) is 17.0 Å². The fourth-order valence-electron chi connectivity index (χ4n) is 4.45. The number of carbonyl (C=O) groups excluding carboxylic acids is 1. The highest BCUT2D eigenvalue weighted by atomic mass is 16.5. The van der Waals surface area contributed by atoms with Gasteiger partial charge in [-0.2, -0.15) is 0 Å². The molecule has 0 N–H and O–H groups in total. The third-order valence-electron chi connectivity index (χ3n) is 6.07. The Kier molecular flexibility index (Phi) is 4.82. The Morgan fingerprint density at radius 2 is 2.08 bits per heavy atom. The molecule has 1 aromatic rings. The molecule has 0 unspecified atom stereocenters. The number of nitrogens with zero attached hydrogens (tertiary/aromatic N) is 3. The van der Waals surface area contributed by atoms with Crippen LogP contribution in [0.4, 0.5) is 0 Å². The van der Waals surface area contributed by atoms with Crippen LogP contribution in [0.3, 0.4) is 0 Å². The predicted molar refractivity (Wildman–Crippen MR) is 92.9 cm³/mol. The standard InChI is InChI=1S/C19H29N3O3/c1-13-3-7-22(8-4-13)19(23)17-10-15-5-6-21(12-18(15)24-17)11-16-9-14(2)25-20-16/h9,13,15,17-18H,3-8,10-12H2,1-2H3/t15-,17+,18+/m1/s1. The van der Waals surface area contributed by atoms with Crippen molar-refractivity contribution in [2.24, 2.45) is 11.8 Å². The van der Waals surface area contributed by atoms with E-state index in [1.54, 1.807) is 0 Å².